The Morgan fingerprint density at radius 2 is 2.17 bits per heavy atom. The third kappa shape index (κ3) is 3.61. The lowest BCUT2D eigenvalue weighted by molar-refractivity contribution is -0.139. The smallest absolute Gasteiger partial charge is 0.223 e. The summed E-state index contributed by atoms with van der Waals surface area (Å²) >= 11 is 0. The van der Waals surface area contributed by atoms with Crippen molar-refractivity contribution in [2.45, 2.75) is 46.1 Å². The van der Waals surface area contributed by atoms with Crippen molar-refractivity contribution in [3.8, 4) is 5.75 Å². The molecule has 1 saturated heterocycles. The van der Waals surface area contributed by atoms with E-state index in [4.69, 9.17) is 4.74 Å². The van der Waals surface area contributed by atoms with Crippen molar-refractivity contribution in [3.63, 3.8) is 0 Å². The van der Waals surface area contributed by atoms with Gasteiger partial charge in [0, 0.05) is 12.1 Å². The van der Waals surface area contributed by atoms with Gasteiger partial charge >= 0.3 is 0 Å². The Labute approximate surface area is 143 Å². The SMILES string of the molecule is CCc1cccc(OC2CN(C(=O)CCc3c(C)n[nH]c3C)C2)c1. The number of likely N-dealkylation sites (tertiary alicyclic amines) is 1. The Kier molecular flexibility index (Phi) is 4.88. The first-order valence-corrected chi connectivity index (χ1v) is 8.60. The lowest BCUT2D eigenvalue weighted by Crippen LogP contribution is -2.56. The number of carbonyl (C=O) groups is 1. The number of rotatable bonds is 6. The lowest BCUT2D eigenvalue weighted by atomic mass is 10.1. The quantitative estimate of drug-likeness (QED) is 0.887. The first-order chi connectivity index (χ1) is 11.6. The number of nitrogens with zero attached hydrogens (tertiary/aromatic N) is 2. The average Bonchev–Trinajstić information content (AvgIpc) is 2.87. The molecule has 1 aliphatic rings. The van der Waals surface area contributed by atoms with Gasteiger partial charge in [-0.15, -0.1) is 0 Å². The van der Waals surface area contributed by atoms with Gasteiger partial charge in [0.25, 0.3) is 0 Å². The van der Waals surface area contributed by atoms with E-state index in [1.165, 1.54) is 5.56 Å². The van der Waals surface area contributed by atoms with Crippen LogP contribution in [-0.4, -0.2) is 40.2 Å². The van der Waals surface area contributed by atoms with Gasteiger partial charge in [0.1, 0.15) is 11.9 Å². The average molecular weight is 327 g/mol. The normalized spacial score (nSPS) is 14.5. The van der Waals surface area contributed by atoms with Gasteiger partial charge in [0.2, 0.25) is 5.91 Å². The standard InChI is InChI=1S/C19H25N3O2/c1-4-15-6-5-7-16(10-15)24-17-11-22(12-17)19(23)9-8-18-13(2)20-21-14(18)3/h5-7,10,17H,4,8-9,11-12H2,1-3H3,(H,20,21). The second kappa shape index (κ2) is 7.07. The number of benzene rings is 1. The second-order valence-corrected chi connectivity index (χ2v) is 6.45. The van der Waals surface area contributed by atoms with Crippen molar-refractivity contribution >= 4 is 5.91 Å². The van der Waals surface area contributed by atoms with Crippen molar-refractivity contribution in [1.29, 1.82) is 0 Å². The van der Waals surface area contributed by atoms with Crippen LogP contribution in [-0.2, 0) is 17.6 Å². The maximum atomic E-state index is 12.3. The molecule has 3 rings (SSSR count). The van der Waals surface area contributed by atoms with Gasteiger partial charge < -0.3 is 9.64 Å². The molecule has 24 heavy (non-hydrogen) atoms. The van der Waals surface area contributed by atoms with Crippen molar-refractivity contribution in [1.82, 2.24) is 15.1 Å². The molecule has 0 unspecified atom stereocenters. The van der Waals surface area contributed by atoms with E-state index in [1.807, 2.05) is 30.9 Å². The number of ether oxygens (including phenoxy) is 1. The summed E-state index contributed by atoms with van der Waals surface area (Å²) in [5, 5.41) is 7.14. The summed E-state index contributed by atoms with van der Waals surface area (Å²) < 4.78 is 5.95. The molecule has 1 aromatic heterocycles. The van der Waals surface area contributed by atoms with Crippen LogP contribution in [0.4, 0.5) is 0 Å². The van der Waals surface area contributed by atoms with E-state index >= 15 is 0 Å². The minimum Gasteiger partial charge on any atom is -0.487 e. The zero-order valence-corrected chi connectivity index (χ0v) is 14.6. The molecular weight excluding hydrogens is 302 g/mol. The first kappa shape index (κ1) is 16.6. The zero-order chi connectivity index (χ0) is 17.1. The minimum absolute atomic E-state index is 0.110. The molecule has 5 heteroatoms. The number of aromatic nitrogens is 2. The molecular formula is C19H25N3O2. The highest BCUT2D eigenvalue weighted by Gasteiger charge is 2.32. The molecule has 0 aliphatic carbocycles. The molecule has 1 aliphatic heterocycles. The van der Waals surface area contributed by atoms with Crippen LogP contribution in [0.2, 0.25) is 0 Å². The van der Waals surface area contributed by atoms with Gasteiger partial charge in [0.05, 0.1) is 18.8 Å². The van der Waals surface area contributed by atoms with Crippen molar-refractivity contribution < 1.29 is 9.53 Å². The summed E-state index contributed by atoms with van der Waals surface area (Å²) in [5.41, 5.74) is 4.47. The van der Waals surface area contributed by atoms with Gasteiger partial charge in [-0.3, -0.25) is 9.89 Å². The topological polar surface area (TPSA) is 58.2 Å². The molecule has 0 bridgehead atoms. The molecule has 1 amide bonds. The molecule has 0 radical (unpaired) electrons. The van der Waals surface area contributed by atoms with Crippen LogP contribution in [0.15, 0.2) is 24.3 Å². The fourth-order valence-corrected chi connectivity index (χ4v) is 3.08. The highest BCUT2D eigenvalue weighted by Crippen LogP contribution is 2.21. The third-order valence-corrected chi connectivity index (χ3v) is 4.68. The number of amides is 1. The van der Waals surface area contributed by atoms with E-state index in [0.717, 1.165) is 35.5 Å². The highest BCUT2D eigenvalue weighted by atomic mass is 16.5. The number of aromatic amines is 1. The zero-order valence-electron chi connectivity index (χ0n) is 14.6. The number of aryl methyl sites for hydroxylation is 3. The predicted octanol–water partition coefficient (Wildman–Crippen LogP) is 2.81. The molecule has 2 heterocycles. The molecule has 0 atom stereocenters. The highest BCUT2D eigenvalue weighted by molar-refractivity contribution is 5.77. The predicted molar refractivity (Wildman–Crippen MR) is 93.2 cm³/mol. The van der Waals surface area contributed by atoms with Crippen molar-refractivity contribution in [3.05, 3.63) is 46.8 Å². The van der Waals surface area contributed by atoms with Gasteiger partial charge in [-0.05, 0) is 49.9 Å². The summed E-state index contributed by atoms with van der Waals surface area (Å²) in [6, 6.07) is 8.18. The van der Waals surface area contributed by atoms with E-state index in [2.05, 4.69) is 29.3 Å². The van der Waals surface area contributed by atoms with Gasteiger partial charge in [-0.25, -0.2) is 0 Å². The van der Waals surface area contributed by atoms with Crippen LogP contribution in [0.5, 0.6) is 5.75 Å². The second-order valence-electron chi connectivity index (χ2n) is 6.45. The fraction of sp³-hybridized carbons (Fsp3) is 0.474. The summed E-state index contributed by atoms with van der Waals surface area (Å²) in [6.07, 6.45) is 2.38. The molecule has 1 aromatic carbocycles. The summed E-state index contributed by atoms with van der Waals surface area (Å²) in [5.74, 6) is 1.09. The molecule has 5 nitrogen and oxygen atoms in total. The first-order valence-electron chi connectivity index (χ1n) is 8.60. The largest absolute Gasteiger partial charge is 0.487 e. The van der Waals surface area contributed by atoms with Crippen molar-refractivity contribution in [2.75, 3.05) is 13.1 Å². The maximum Gasteiger partial charge on any atom is 0.223 e. The third-order valence-electron chi connectivity index (χ3n) is 4.68. The summed E-state index contributed by atoms with van der Waals surface area (Å²) in [4.78, 5) is 14.2. The number of hydrogen-bond acceptors (Lipinski definition) is 3. The monoisotopic (exact) mass is 327 g/mol. The molecule has 0 spiro atoms. The van der Waals surface area contributed by atoms with Gasteiger partial charge in [-0.2, -0.15) is 5.10 Å². The van der Waals surface area contributed by atoms with Gasteiger partial charge in [0.15, 0.2) is 0 Å². The van der Waals surface area contributed by atoms with Crippen LogP contribution in [0.25, 0.3) is 0 Å². The van der Waals surface area contributed by atoms with E-state index in [1.54, 1.807) is 0 Å². The lowest BCUT2D eigenvalue weighted by Gasteiger charge is -2.39. The Bertz CT molecular complexity index is 698. The number of H-pyrrole nitrogens is 1. The molecule has 1 N–H and O–H groups in total. The fourth-order valence-electron chi connectivity index (χ4n) is 3.08. The Balaban J connectivity index is 1.45. The van der Waals surface area contributed by atoms with Crippen LogP contribution >= 0.6 is 0 Å². The van der Waals surface area contributed by atoms with Gasteiger partial charge in [-0.1, -0.05) is 19.1 Å². The van der Waals surface area contributed by atoms with E-state index in [-0.39, 0.29) is 12.0 Å². The Morgan fingerprint density at radius 1 is 1.38 bits per heavy atom. The van der Waals surface area contributed by atoms with Crippen LogP contribution in [0.1, 0.15) is 35.9 Å². The Hall–Kier alpha value is -2.30. The summed E-state index contributed by atoms with van der Waals surface area (Å²) in [6.45, 7) is 7.46. The van der Waals surface area contributed by atoms with Crippen LogP contribution in [0, 0.1) is 13.8 Å². The van der Waals surface area contributed by atoms with Crippen molar-refractivity contribution in [2.24, 2.45) is 0 Å². The maximum absolute atomic E-state index is 12.3. The molecule has 0 saturated carbocycles. The van der Waals surface area contributed by atoms with E-state index < -0.39 is 0 Å². The number of hydrogen-bond donors (Lipinski definition) is 1. The number of nitrogens with one attached hydrogen (secondary N) is 1. The van der Waals surface area contributed by atoms with E-state index in [9.17, 15) is 4.79 Å². The van der Waals surface area contributed by atoms with Crippen LogP contribution in [0.3, 0.4) is 0 Å². The van der Waals surface area contributed by atoms with Crippen LogP contribution < -0.4 is 4.74 Å². The van der Waals surface area contributed by atoms with E-state index in [0.29, 0.717) is 19.5 Å². The summed E-state index contributed by atoms with van der Waals surface area (Å²) in [7, 11) is 0. The number of carbonyl (C=O) groups excluding carboxylic acids is 1. The molecule has 2 aromatic rings. The molecule has 1 fully saturated rings. The minimum atomic E-state index is 0.110. The molecule has 128 valence electrons. The Morgan fingerprint density at radius 3 is 2.83 bits per heavy atom.